The molecule has 39 heavy (non-hydrogen) atoms. The van der Waals surface area contributed by atoms with Crippen LogP contribution >= 0.6 is 0 Å². The molecule has 0 heterocycles. The highest BCUT2D eigenvalue weighted by Crippen LogP contribution is 2.33. The number of carbonyl (C=O) groups excluding carboxylic acids is 5. The lowest BCUT2D eigenvalue weighted by molar-refractivity contribution is -0.161. The molecule has 0 aliphatic rings. The van der Waals surface area contributed by atoms with Crippen LogP contribution in [0.4, 0.5) is 0 Å². The molecule has 0 aromatic heterocycles. The van der Waals surface area contributed by atoms with E-state index in [9.17, 15) is 24.0 Å². The van der Waals surface area contributed by atoms with Gasteiger partial charge in [0.1, 0.15) is 26.4 Å². The third-order valence-electron chi connectivity index (χ3n) is 7.03. The monoisotopic (exact) mass is 550 g/mol. The van der Waals surface area contributed by atoms with E-state index in [0.29, 0.717) is 31.3 Å². The van der Waals surface area contributed by atoms with E-state index in [4.69, 9.17) is 18.9 Å². The Kier molecular flexibility index (Phi) is 15.3. The minimum Gasteiger partial charge on any atom is -0.462 e. The van der Waals surface area contributed by atoms with Crippen molar-refractivity contribution in [3.63, 3.8) is 0 Å². The molecule has 9 heteroatoms. The van der Waals surface area contributed by atoms with Crippen LogP contribution in [0.5, 0.6) is 0 Å². The van der Waals surface area contributed by atoms with Crippen molar-refractivity contribution in [2.24, 2.45) is 10.8 Å². The van der Waals surface area contributed by atoms with Gasteiger partial charge in [0.25, 0.3) is 5.78 Å². The summed E-state index contributed by atoms with van der Waals surface area (Å²) in [7, 11) is 0. The molecule has 0 spiro atoms. The second kappa shape index (κ2) is 16.7. The van der Waals surface area contributed by atoms with E-state index >= 15 is 0 Å². The topological polar surface area (TPSA) is 122 Å². The maximum absolute atomic E-state index is 12.6. The Hall–Kier alpha value is -3.23. The zero-order valence-corrected chi connectivity index (χ0v) is 25.1. The summed E-state index contributed by atoms with van der Waals surface area (Å²) in [6.07, 6.45) is 3.08. The molecule has 1 unspecified atom stereocenters. The van der Waals surface area contributed by atoms with E-state index in [0.717, 1.165) is 22.8 Å². The first-order valence-corrected chi connectivity index (χ1v) is 13.2. The average Bonchev–Trinajstić information content (AvgIpc) is 2.90. The lowest BCUT2D eigenvalue weighted by Gasteiger charge is -2.28. The van der Waals surface area contributed by atoms with E-state index in [-0.39, 0.29) is 26.4 Å². The van der Waals surface area contributed by atoms with Crippen LogP contribution in [0.15, 0.2) is 34.9 Å². The fraction of sp³-hybridized carbons (Fsp3) is 0.633. The lowest BCUT2D eigenvalue weighted by atomic mass is 9.79. The number of hydrogen-bond donors (Lipinski definition) is 0. The smallest absolute Gasteiger partial charge is 0.379 e. The van der Waals surface area contributed by atoms with Gasteiger partial charge in [-0.3, -0.25) is 14.4 Å². The minimum atomic E-state index is -0.992. The molecule has 0 saturated heterocycles. The third-order valence-corrected chi connectivity index (χ3v) is 7.03. The molecule has 220 valence electrons. The van der Waals surface area contributed by atoms with Gasteiger partial charge in [-0.2, -0.15) is 0 Å². The summed E-state index contributed by atoms with van der Waals surface area (Å²) in [6, 6.07) is 0. The number of hydrogen-bond acceptors (Lipinski definition) is 9. The van der Waals surface area contributed by atoms with Crippen molar-refractivity contribution in [1.29, 1.82) is 0 Å². The summed E-state index contributed by atoms with van der Waals surface area (Å²) < 4.78 is 20.4. The molecule has 0 aromatic rings. The van der Waals surface area contributed by atoms with Gasteiger partial charge in [-0.1, -0.05) is 25.5 Å². The highest BCUT2D eigenvalue weighted by molar-refractivity contribution is 6.40. The zero-order chi connectivity index (χ0) is 30.4. The number of rotatable bonds is 17. The van der Waals surface area contributed by atoms with Crippen LogP contribution in [0.3, 0.4) is 0 Å². The molecular weight excluding hydrogens is 504 g/mol. The van der Waals surface area contributed by atoms with E-state index in [1.165, 1.54) is 0 Å². The predicted octanol–water partition coefficient (Wildman–Crippen LogP) is 5.22. The summed E-state index contributed by atoms with van der Waals surface area (Å²) in [5, 5.41) is 0. The molecule has 0 saturated carbocycles. The Balaban J connectivity index is 4.68. The van der Waals surface area contributed by atoms with Crippen LogP contribution in [0.25, 0.3) is 0 Å². The lowest BCUT2D eigenvalue weighted by Crippen LogP contribution is -2.32. The second-order valence-electron chi connectivity index (χ2n) is 10.6. The Morgan fingerprint density at radius 1 is 0.692 bits per heavy atom. The average molecular weight is 551 g/mol. The van der Waals surface area contributed by atoms with Gasteiger partial charge in [0.15, 0.2) is 0 Å². The van der Waals surface area contributed by atoms with Crippen molar-refractivity contribution in [3.05, 3.63) is 34.9 Å². The SMILES string of the molecule is C=CC(=O)OCCOC(=O)C(C)(CC)CCCC(C)(C)C(=O)OCCOC(=O)C(=O)/C(C)=C(\C)C(C)=C(C)C. The Labute approximate surface area is 233 Å². The number of carbonyl (C=O) groups is 5. The van der Waals surface area contributed by atoms with Gasteiger partial charge >= 0.3 is 23.9 Å². The van der Waals surface area contributed by atoms with Crippen LogP contribution in [0, 0.1) is 10.8 Å². The number of ketones is 1. The fourth-order valence-corrected chi connectivity index (χ4v) is 3.46. The molecule has 0 amide bonds. The molecular formula is C30H46O9. The van der Waals surface area contributed by atoms with Crippen molar-refractivity contribution in [2.75, 3.05) is 26.4 Å². The Bertz CT molecular complexity index is 980. The first-order valence-electron chi connectivity index (χ1n) is 13.2. The number of esters is 4. The largest absolute Gasteiger partial charge is 0.462 e. The highest BCUT2D eigenvalue weighted by atomic mass is 16.6. The molecule has 0 N–H and O–H groups in total. The van der Waals surface area contributed by atoms with Gasteiger partial charge in [-0.25, -0.2) is 9.59 Å². The van der Waals surface area contributed by atoms with Gasteiger partial charge in [-0.05, 0) is 85.8 Å². The van der Waals surface area contributed by atoms with Crippen molar-refractivity contribution in [1.82, 2.24) is 0 Å². The second-order valence-corrected chi connectivity index (χ2v) is 10.6. The molecule has 0 bridgehead atoms. The zero-order valence-electron chi connectivity index (χ0n) is 25.1. The van der Waals surface area contributed by atoms with Crippen LogP contribution in [-0.2, 0) is 42.9 Å². The summed E-state index contributed by atoms with van der Waals surface area (Å²) in [4.78, 5) is 60.8. The molecule has 9 nitrogen and oxygen atoms in total. The molecule has 0 fully saturated rings. The van der Waals surface area contributed by atoms with E-state index < -0.39 is 40.5 Å². The van der Waals surface area contributed by atoms with Crippen molar-refractivity contribution in [3.8, 4) is 0 Å². The molecule has 0 aliphatic heterocycles. The van der Waals surface area contributed by atoms with Crippen LogP contribution in [0.1, 0.15) is 88.0 Å². The molecule has 0 aliphatic carbocycles. The van der Waals surface area contributed by atoms with Crippen molar-refractivity contribution < 1.29 is 42.9 Å². The third kappa shape index (κ3) is 12.0. The maximum Gasteiger partial charge on any atom is 0.379 e. The first-order chi connectivity index (χ1) is 18.0. The fourth-order valence-electron chi connectivity index (χ4n) is 3.46. The Morgan fingerprint density at radius 3 is 1.72 bits per heavy atom. The summed E-state index contributed by atoms with van der Waals surface area (Å²) in [5.74, 6) is -3.17. The first kappa shape index (κ1) is 35.8. The van der Waals surface area contributed by atoms with Gasteiger partial charge < -0.3 is 18.9 Å². The van der Waals surface area contributed by atoms with Crippen LogP contribution < -0.4 is 0 Å². The van der Waals surface area contributed by atoms with Crippen LogP contribution in [-0.4, -0.2) is 56.1 Å². The van der Waals surface area contributed by atoms with Crippen molar-refractivity contribution in [2.45, 2.75) is 88.0 Å². The molecule has 0 rings (SSSR count). The number of Topliss-reactive ketones (excluding diaryl/α,β-unsaturated/α-hetero) is 1. The number of ether oxygens (including phenoxy) is 4. The maximum atomic E-state index is 12.6. The van der Waals surface area contributed by atoms with E-state index in [2.05, 4.69) is 6.58 Å². The normalized spacial score (nSPS) is 13.3. The Morgan fingerprint density at radius 2 is 1.21 bits per heavy atom. The van der Waals surface area contributed by atoms with Crippen LogP contribution in [0.2, 0.25) is 0 Å². The quantitative estimate of drug-likeness (QED) is 0.0599. The summed E-state index contributed by atoms with van der Waals surface area (Å²) in [5.41, 5.74) is 1.44. The van der Waals surface area contributed by atoms with Gasteiger partial charge in [0.2, 0.25) is 0 Å². The van der Waals surface area contributed by atoms with Gasteiger partial charge in [0, 0.05) is 11.6 Å². The van der Waals surface area contributed by atoms with E-state index in [1.54, 1.807) is 34.6 Å². The van der Waals surface area contributed by atoms with E-state index in [1.807, 2.05) is 27.7 Å². The molecule has 0 radical (unpaired) electrons. The molecule has 0 aromatic carbocycles. The highest BCUT2D eigenvalue weighted by Gasteiger charge is 2.35. The predicted molar refractivity (Wildman–Crippen MR) is 147 cm³/mol. The summed E-state index contributed by atoms with van der Waals surface area (Å²) >= 11 is 0. The van der Waals surface area contributed by atoms with Gasteiger partial charge in [-0.15, -0.1) is 0 Å². The molecule has 1 atom stereocenters. The standard InChI is InChI=1S/C30H46O9/c1-11-24(31)36-16-18-39-28(35)30(10,12-2)15-13-14-29(8,9)27(34)38-19-17-37-26(33)25(32)23(7)22(6)21(5)20(3)4/h11H,1,12-19H2,2-10H3/b23-22+. The number of allylic oxidation sites excluding steroid dienone is 3. The summed E-state index contributed by atoms with van der Waals surface area (Å²) in [6.45, 7) is 19.0. The van der Waals surface area contributed by atoms with Crippen molar-refractivity contribution >= 4 is 29.7 Å². The minimum absolute atomic E-state index is 0.0491. The van der Waals surface area contributed by atoms with Gasteiger partial charge in [0.05, 0.1) is 10.8 Å².